The fraction of sp³-hybridized carbons (Fsp3) is 0.219. The van der Waals surface area contributed by atoms with E-state index in [1.54, 1.807) is 52.8 Å². The van der Waals surface area contributed by atoms with Gasteiger partial charge in [0.25, 0.3) is 17.2 Å². The zero-order valence-corrected chi connectivity index (χ0v) is 25.4. The Hall–Kier alpha value is -4.54. The van der Waals surface area contributed by atoms with Crippen molar-refractivity contribution < 1.29 is 14.5 Å². The van der Waals surface area contributed by atoms with Crippen LogP contribution in [-0.2, 0) is 11.4 Å². The molecule has 0 radical (unpaired) electrons. The van der Waals surface area contributed by atoms with Gasteiger partial charge in [-0.1, -0.05) is 53.3 Å². The first kappa shape index (κ1) is 29.9. The minimum absolute atomic E-state index is 0.00798. The Kier molecular flexibility index (Phi) is 8.89. The van der Waals surface area contributed by atoms with E-state index in [1.165, 1.54) is 23.5 Å². The average molecular weight is 617 g/mol. The molecule has 1 atom stereocenters. The number of benzene rings is 3. The number of carbonyl (C=O) groups is 1. The summed E-state index contributed by atoms with van der Waals surface area (Å²) in [5, 5.41) is 11.5. The van der Waals surface area contributed by atoms with Gasteiger partial charge in [-0.15, -0.1) is 0 Å². The molecule has 0 spiro atoms. The first-order chi connectivity index (χ1) is 20.7. The summed E-state index contributed by atoms with van der Waals surface area (Å²) < 4.78 is 8.08. The smallest absolute Gasteiger partial charge is 0.271 e. The molecule has 1 aliphatic rings. The van der Waals surface area contributed by atoms with Gasteiger partial charge < -0.3 is 9.64 Å². The normalized spacial score (nSPS) is 14.7. The van der Waals surface area contributed by atoms with Gasteiger partial charge in [0.2, 0.25) is 0 Å². The van der Waals surface area contributed by atoms with Crippen LogP contribution in [0.15, 0.2) is 93.9 Å². The van der Waals surface area contributed by atoms with Gasteiger partial charge in [0.1, 0.15) is 12.4 Å². The molecule has 3 aromatic carbocycles. The zero-order chi connectivity index (χ0) is 30.7. The summed E-state index contributed by atoms with van der Waals surface area (Å²) in [6.45, 7) is 6.89. The molecule has 0 fully saturated rings. The Bertz CT molecular complexity index is 1890. The molecule has 4 aromatic rings. The van der Waals surface area contributed by atoms with E-state index in [2.05, 4.69) is 0 Å². The lowest BCUT2D eigenvalue weighted by molar-refractivity contribution is -0.384. The van der Waals surface area contributed by atoms with Crippen LogP contribution in [0.4, 0.5) is 5.69 Å². The molecule has 2 heterocycles. The van der Waals surface area contributed by atoms with Crippen molar-refractivity contribution in [2.45, 2.75) is 33.4 Å². The Balaban J connectivity index is 1.56. The maximum absolute atomic E-state index is 14.0. The van der Waals surface area contributed by atoms with E-state index >= 15 is 0 Å². The van der Waals surface area contributed by atoms with Crippen LogP contribution >= 0.6 is 22.9 Å². The number of aromatic nitrogens is 1. The Morgan fingerprint density at radius 1 is 1.09 bits per heavy atom. The number of carbonyl (C=O) groups excluding carboxylic acids is 1. The third kappa shape index (κ3) is 6.16. The number of hydrogen-bond donors (Lipinski definition) is 0. The van der Waals surface area contributed by atoms with E-state index in [-0.39, 0.29) is 23.8 Å². The van der Waals surface area contributed by atoms with Crippen LogP contribution in [0, 0.1) is 10.1 Å². The number of amides is 1. The van der Waals surface area contributed by atoms with Crippen LogP contribution < -0.4 is 19.6 Å². The van der Waals surface area contributed by atoms with Crippen molar-refractivity contribution in [3.8, 4) is 5.75 Å². The number of halogens is 1. The minimum atomic E-state index is -0.669. The van der Waals surface area contributed by atoms with Crippen LogP contribution in [0.3, 0.4) is 0 Å². The standard InChI is InChI=1S/C32H29ClN4O5S/c1-4-35(5-2)31(39)28-20(3)34-32-36(29(28)22-12-14-24(33)15-13-22)30(38)27(43-32)18-23-8-6-7-9-26(23)42-19-21-10-16-25(17-11-21)37(40)41/h6-18,29H,4-5,19H2,1-3H3/b27-18+/t29-/m1/s1. The summed E-state index contributed by atoms with van der Waals surface area (Å²) in [5.41, 5.74) is 2.97. The van der Waals surface area contributed by atoms with E-state index in [0.29, 0.717) is 50.0 Å². The first-order valence-electron chi connectivity index (χ1n) is 13.7. The van der Waals surface area contributed by atoms with Gasteiger partial charge in [-0.3, -0.25) is 24.3 Å². The van der Waals surface area contributed by atoms with Gasteiger partial charge in [0.15, 0.2) is 4.80 Å². The number of nitro benzene ring substituents is 1. The van der Waals surface area contributed by atoms with E-state index in [1.807, 2.05) is 44.2 Å². The molecule has 43 heavy (non-hydrogen) atoms. The molecule has 1 aromatic heterocycles. The maximum Gasteiger partial charge on any atom is 0.271 e. The molecule has 1 amide bonds. The largest absolute Gasteiger partial charge is 0.488 e. The number of rotatable bonds is 9. The number of non-ortho nitro benzene ring substituents is 1. The minimum Gasteiger partial charge on any atom is -0.488 e. The summed E-state index contributed by atoms with van der Waals surface area (Å²) >= 11 is 7.43. The molecule has 0 aliphatic carbocycles. The third-order valence-corrected chi connectivity index (χ3v) is 8.47. The lowest BCUT2D eigenvalue weighted by Crippen LogP contribution is -2.43. The van der Waals surface area contributed by atoms with Crippen molar-refractivity contribution in [3.05, 3.63) is 136 Å². The highest BCUT2D eigenvalue weighted by Gasteiger charge is 2.34. The van der Waals surface area contributed by atoms with Crippen LogP contribution in [-0.4, -0.2) is 33.4 Å². The first-order valence-corrected chi connectivity index (χ1v) is 14.9. The fourth-order valence-corrected chi connectivity index (χ4v) is 6.15. The molecular weight excluding hydrogens is 588 g/mol. The molecule has 5 rings (SSSR count). The van der Waals surface area contributed by atoms with Crippen LogP contribution in [0.25, 0.3) is 6.08 Å². The molecule has 0 saturated heterocycles. The van der Waals surface area contributed by atoms with Gasteiger partial charge >= 0.3 is 0 Å². The number of allylic oxidation sites excluding steroid dienone is 1. The molecule has 0 N–H and O–H groups in total. The number of para-hydroxylation sites is 1. The number of hydrogen-bond acceptors (Lipinski definition) is 7. The van der Waals surface area contributed by atoms with Gasteiger partial charge in [0.05, 0.1) is 26.8 Å². The SMILES string of the molecule is CCN(CC)C(=O)C1=C(C)N=c2s/c(=C/c3ccccc3OCc3ccc([N+](=O)[O-])cc3)c(=O)n2[C@@H]1c1ccc(Cl)cc1. The van der Waals surface area contributed by atoms with Crippen molar-refractivity contribution in [2.24, 2.45) is 4.99 Å². The quantitative estimate of drug-likeness (QED) is 0.189. The molecule has 0 saturated carbocycles. The molecule has 220 valence electrons. The number of fused-ring (bicyclic) bond motifs is 1. The summed E-state index contributed by atoms with van der Waals surface area (Å²) in [6, 6.07) is 20.0. The number of thiazole rings is 1. The fourth-order valence-electron chi connectivity index (χ4n) is 4.98. The third-order valence-electron chi connectivity index (χ3n) is 7.24. The monoisotopic (exact) mass is 616 g/mol. The predicted octanol–water partition coefficient (Wildman–Crippen LogP) is 5.24. The van der Waals surface area contributed by atoms with Gasteiger partial charge in [-0.2, -0.15) is 0 Å². The van der Waals surface area contributed by atoms with Gasteiger partial charge in [-0.05, 0) is 68.3 Å². The molecule has 11 heteroatoms. The Labute approximate surface area is 256 Å². The van der Waals surface area contributed by atoms with Crippen molar-refractivity contribution in [1.82, 2.24) is 9.47 Å². The molecule has 1 aliphatic heterocycles. The number of nitrogens with zero attached hydrogens (tertiary/aromatic N) is 4. The second-order valence-electron chi connectivity index (χ2n) is 9.86. The lowest BCUT2D eigenvalue weighted by atomic mass is 9.94. The van der Waals surface area contributed by atoms with E-state index in [0.717, 1.165) is 11.1 Å². The number of nitro groups is 1. The van der Waals surface area contributed by atoms with Crippen molar-refractivity contribution >= 4 is 40.6 Å². The van der Waals surface area contributed by atoms with E-state index < -0.39 is 11.0 Å². The molecule has 9 nitrogen and oxygen atoms in total. The number of ether oxygens (including phenoxy) is 1. The highest BCUT2D eigenvalue weighted by Crippen LogP contribution is 2.32. The molecular formula is C32H29ClN4O5S. The lowest BCUT2D eigenvalue weighted by Gasteiger charge is -2.29. The number of likely N-dealkylation sites (N-methyl/N-ethyl adjacent to an activating group) is 1. The average Bonchev–Trinajstić information content (AvgIpc) is 3.31. The second-order valence-corrected chi connectivity index (χ2v) is 11.3. The van der Waals surface area contributed by atoms with Crippen LogP contribution in [0.1, 0.15) is 43.5 Å². The summed E-state index contributed by atoms with van der Waals surface area (Å²) in [5.74, 6) is 0.389. The van der Waals surface area contributed by atoms with E-state index in [4.69, 9.17) is 21.3 Å². The van der Waals surface area contributed by atoms with Crippen molar-refractivity contribution in [1.29, 1.82) is 0 Å². The Morgan fingerprint density at radius 3 is 2.42 bits per heavy atom. The topological polar surface area (TPSA) is 107 Å². The predicted molar refractivity (Wildman–Crippen MR) is 167 cm³/mol. The van der Waals surface area contributed by atoms with Crippen molar-refractivity contribution in [3.63, 3.8) is 0 Å². The zero-order valence-electron chi connectivity index (χ0n) is 23.8. The van der Waals surface area contributed by atoms with Gasteiger partial charge in [0, 0.05) is 35.8 Å². The highest BCUT2D eigenvalue weighted by atomic mass is 35.5. The molecule has 0 unspecified atom stereocenters. The van der Waals surface area contributed by atoms with Gasteiger partial charge in [-0.25, -0.2) is 4.99 Å². The molecule has 0 bridgehead atoms. The maximum atomic E-state index is 14.0. The van der Waals surface area contributed by atoms with Crippen molar-refractivity contribution in [2.75, 3.05) is 13.1 Å². The second kappa shape index (κ2) is 12.8. The highest BCUT2D eigenvalue weighted by molar-refractivity contribution is 7.07. The summed E-state index contributed by atoms with van der Waals surface area (Å²) in [4.78, 5) is 45.2. The van der Waals surface area contributed by atoms with E-state index in [9.17, 15) is 19.7 Å². The van der Waals surface area contributed by atoms with Crippen LogP contribution in [0.5, 0.6) is 5.75 Å². The summed E-state index contributed by atoms with van der Waals surface area (Å²) in [7, 11) is 0. The Morgan fingerprint density at radius 2 is 1.77 bits per heavy atom. The van der Waals surface area contributed by atoms with Crippen LogP contribution in [0.2, 0.25) is 5.02 Å². The summed E-state index contributed by atoms with van der Waals surface area (Å²) in [6.07, 6.45) is 1.76.